The Morgan fingerprint density at radius 3 is 0.882 bits per heavy atom. The van der Waals surface area contributed by atoms with Crippen LogP contribution >= 0.6 is 0 Å². The molecular weight excluding hydrogens is 937 g/mol. The van der Waals surface area contributed by atoms with Crippen molar-refractivity contribution in [3.63, 3.8) is 0 Å². The molecule has 0 aliphatic carbocycles. The zero-order chi connectivity index (χ0) is 55.0. The van der Waals surface area contributed by atoms with Crippen molar-refractivity contribution in [3.8, 4) is 0 Å². The van der Waals surface area contributed by atoms with Gasteiger partial charge < -0.3 is 14.2 Å². The fraction of sp³-hybridized carbons (Fsp3) is 0.700. The first-order chi connectivity index (χ1) is 37.5. The van der Waals surface area contributed by atoms with Gasteiger partial charge in [0.1, 0.15) is 13.2 Å². The smallest absolute Gasteiger partial charge is 0.306 e. The molecule has 0 saturated carbocycles. The van der Waals surface area contributed by atoms with Gasteiger partial charge in [-0.1, -0.05) is 297 Å². The molecule has 6 heteroatoms. The van der Waals surface area contributed by atoms with Crippen molar-refractivity contribution in [2.24, 2.45) is 0 Å². The van der Waals surface area contributed by atoms with E-state index in [1.165, 1.54) is 154 Å². The Kier molecular flexibility index (Phi) is 60.3. The van der Waals surface area contributed by atoms with E-state index < -0.39 is 6.10 Å². The zero-order valence-corrected chi connectivity index (χ0v) is 49.7. The van der Waals surface area contributed by atoms with Gasteiger partial charge in [0.05, 0.1) is 0 Å². The van der Waals surface area contributed by atoms with Gasteiger partial charge in [-0.2, -0.15) is 0 Å². The number of allylic oxidation sites excluding steroid dienone is 18. The molecule has 0 amide bonds. The first-order valence-corrected chi connectivity index (χ1v) is 31.9. The van der Waals surface area contributed by atoms with Crippen LogP contribution < -0.4 is 0 Å². The van der Waals surface area contributed by atoms with Crippen LogP contribution in [0.15, 0.2) is 109 Å². The fourth-order valence-corrected chi connectivity index (χ4v) is 8.84. The van der Waals surface area contributed by atoms with Gasteiger partial charge in [-0.3, -0.25) is 14.4 Å². The van der Waals surface area contributed by atoms with Gasteiger partial charge in [0.25, 0.3) is 0 Å². The standard InChI is InChI=1S/C70H118O6/c1-4-7-10-13-16-19-22-25-27-28-29-30-31-32-33-34-35-36-37-38-39-40-41-42-43-46-48-51-54-57-60-63-69(72)75-66-67(65-74-68(71)62-59-56-53-50-47-44-24-21-18-15-12-9-6-3)76-70(73)64-61-58-55-52-49-45-26-23-20-17-14-11-8-5-2/h7,9-10,12,16,18-19,21,25,27,29-30,32-33,44,47,53,56,67H,4-6,8,11,13-15,17,20,22-24,26,28,31,34-43,45-46,48-52,54-55,57-66H2,1-3H3/b10-7-,12-9-,19-16-,21-18-,27-25-,30-29-,33-32-,47-44-,56-53-. The number of unbranched alkanes of at least 4 members (excludes halogenated alkanes) is 28. The highest BCUT2D eigenvalue weighted by atomic mass is 16.6. The maximum absolute atomic E-state index is 12.9. The highest BCUT2D eigenvalue weighted by Gasteiger charge is 2.19. The SMILES string of the molecule is CC/C=C\C/C=C\C/C=C\C/C=C\C/C=C\CCCCCCCCCCCCCCCCCC(=O)OCC(COC(=O)CC/C=C\C/C=C\C/C=C\C/C=C\CC)OC(=O)CCCCCCCCCCCCCCCC. The minimum Gasteiger partial charge on any atom is -0.462 e. The number of esters is 3. The molecule has 1 unspecified atom stereocenters. The second kappa shape index (κ2) is 63.6. The van der Waals surface area contributed by atoms with Crippen LogP contribution in [-0.2, 0) is 28.6 Å². The Labute approximate surface area is 470 Å². The lowest BCUT2D eigenvalue weighted by Gasteiger charge is -2.18. The van der Waals surface area contributed by atoms with Crippen LogP contribution in [0.25, 0.3) is 0 Å². The molecule has 0 aliphatic heterocycles. The lowest BCUT2D eigenvalue weighted by molar-refractivity contribution is -0.166. The van der Waals surface area contributed by atoms with Crippen molar-refractivity contribution in [1.29, 1.82) is 0 Å². The highest BCUT2D eigenvalue weighted by molar-refractivity contribution is 5.71. The summed E-state index contributed by atoms with van der Waals surface area (Å²) in [6.07, 6.45) is 86.9. The average molecular weight is 1060 g/mol. The average Bonchev–Trinajstić information content (AvgIpc) is 3.42. The predicted octanol–water partition coefficient (Wildman–Crippen LogP) is 21.8. The van der Waals surface area contributed by atoms with Gasteiger partial charge in [-0.25, -0.2) is 0 Å². The number of rotatable bonds is 57. The molecule has 6 nitrogen and oxygen atoms in total. The Morgan fingerprint density at radius 1 is 0.276 bits per heavy atom. The van der Waals surface area contributed by atoms with Crippen molar-refractivity contribution >= 4 is 17.9 Å². The lowest BCUT2D eigenvalue weighted by atomic mass is 10.0. The summed E-state index contributed by atoms with van der Waals surface area (Å²) < 4.78 is 16.8. The largest absolute Gasteiger partial charge is 0.462 e. The van der Waals surface area contributed by atoms with E-state index in [-0.39, 0.29) is 37.5 Å². The second-order valence-electron chi connectivity index (χ2n) is 20.9. The van der Waals surface area contributed by atoms with Crippen LogP contribution in [-0.4, -0.2) is 37.2 Å². The summed E-state index contributed by atoms with van der Waals surface area (Å²) in [6, 6.07) is 0. The summed E-state index contributed by atoms with van der Waals surface area (Å²) in [4.78, 5) is 38.2. The molecule has 0 aromatic heterocycles. The van der Waals surface area contributed by atoms with Crippen LogP contribution in [0.1, 0.15) is 297 Å². The number of carbonyl (C=O) groups excluding carboxylic acids is 3. The molecule has 0 spiro atoms. The van der Waals surface area contributed by atoms with E-state index in [1.54, 1.807) is 0 Å². The van der Waals surface area contributed by atoms with E-state index in [0.717, 1.165) is 96.3 Å². The Morgan fingerprint density at radius 2 is 0.539 bits per heavy atom. The van der Waals surface area contributed by atoms with Crippen molar-refractivity contribution in [3.05, 3.63) is 109 Å². The molecule has 0 fully saturated rings. The maximum atomic E-state index is 12.9. The third-order valence-electron chi connectivity index (χ3n) is 13.5. The Balaban J connectivity index is 4.22. The molecule has 0 aliphatic rings. The molecule has 0 saturated heterocycles. The van der Waals surface area contributed by atoms with Crippen LogP contribution in [0.2, 0.25) is 0 Å². The van der Waals surface area contributed by atoms with Gasteiger partial charge in [-0.15, -0.1) is 0 Å². The second-order valence-corrected chi connectivity index (χ2v) is 20.9. The molecule has 434 valence electrons. The minimum absolute atomic E-state index is 0.0973. The number of hydrogen-bond acceptors (Lipinski definition) is 6. The molecule has 0 heterocycles. The van der Waals surface area contributed by atoms with Gasteiger partial charge >= 0.3 is 17.9 Å². The van der Waals surface area contributed by atoms with E-state index in [2.05, 4.69) is 124 Å². The minimum atomic E-state index is -0.805. The van der Waals surface area contributed by atoms with Gasteiger partial charge in [-0.05, 0) is 89.9 Å². The van der Waals surface area contributed by atoms with Crippen molar-refractivity contribution in [2.75, 3.05) is 13.2 Å². The highest BCUT2D eigenvalue weighted by Crippen LogP contribution is 2.17. The summed E-state index contributed by atoms with van der Waals surface area (Å²) >= 11 is 0. The molecule has 0 N–H and O–H groups in total. The van der Waals surface area contributed by atoms with Crippen LogP contribution in [0.3, 0.4) is 0 Å². The van der Waals surface area contributed by atoms with E-state index in [1.807, 2.05) is 6.08 Å². The van der Waals surface area contributed by atoms with E-state index in [4.69, 9.17) is 14.2 Å². The van der Waals surface area contributed by atoms with E-state index in [9.17, 15) is 14.4 Å². The maximum Gasteiger partial charge on any atom is 0.306 e. The third-order valence-corrected chi connectivity index (χ3v) is 13.5. The number of hydrogen-bond donors (Lipinski definition) is 0. The lowest BCUT2D eigenvalue weighted by Crippen LogP contribution is -2.30. The molecule has 0 aromatic rings. The summed E-state index contributed by atoms with van der Waals surface area (Å²) in [7, 11) is 0. The molecular formula is C70H118O6. The van der Waals surface area contributed by atoms with Crippen molar-refractivity contribution in [1.82, 2.24) is 0 Å². The van der Waals surface area contributed by atoms with Gasteiger partial charge in [0, 0.05) is 19.3 Å². The molecule has 0 bridgehead atoms. The molecule has 0 radical (unpaired) electrons. The van der Waals surface area contributed by atoms with E-state index >= 15 is 0 Å². The summed E-state index contributed by atoms with van der Waals surface area (Å²) in [5.41, 5.74) is 0. The Hall–Kier alpha value is -3.93. The normalized spacial score (nSPS) is 12.8. The molecule has 0 rings (SSSR count). The monoisotopic (exact) mass is 1050 g/mol. The third kappa shape index (κ3) is 60.9. The number of carbonyl (C=O) groups is 3. The quantitative estimate of drug-likeness (QED) is 0.0261. The summed E-state index contributed by atoms with van der Waals surface area (Å²) in [5, 5.41) is 0. The first-order valence-electron chi connectivity index (χ1n) is 31.9. The molecule has 1 atom stereocenters. The fourth-order valence-electron chi connectivity index (χ4n) is 8.84. The molecule has 0 aromatic carbocycles. The first kappa shape index (κ1) is 72.1. The topological polar surface area (TPSA) is 78.9 Å². The zero-order valence-electron chi connectivity index (χ0n) is 49.7. The number of ether oxygens (including phenoxy) is 3. The summed E-state index contributed by atoms with van der Waals surface area (Å²) in [6.45, 7) is 6.37. The van der Waals surface area contributed by atoms with Crippen molar-refractivity contribution < 1.29 is 28.6 Å². The van der Waals surface area contributed by atoms with Crippen molar-refractivity contribution in [2.45, 2.75) is 303 Å². The Bertz CT molecular complexity index is 1540. The van der Waals surface area contributed by atoms with E-state index in [0.29, 0.717) is 19.3 Å². The van der Waals surface area contributed by atoms with Gasteiger partial charge in [0.15, 0.2) is 6.10 Å². The van der Waals surface area contributed by atoms with Crippen LogP contribution in [0.5, 0.6) is 0 Å². The molecule has 76 heavy (non-hydrogen) atoms. The van der Waals surface area contributed by atoms with Gasteiger partial charge in [0.2, 0.25) is 0 Å². The predicted molar refractivity (Wildman–Crippen MR) is 330 cm³/mol. The summed E-state index contributed by atoms with van der Waals surface area (Å²) in [5.74, 6) is -0.974. The van der Waals surface area contributed by atoms with Crippen LogP contribution in [0, 0.1) is 0 Å². The van der Waals surface area contributed by atoms with Crippen LogP contribution in [0.4, 0.5) is 0 Å².